The van der Waals surface area contributed by atoms with Gasteiger partial charge in [0.25, 0.3) is 0 Å². The van der Waals surface area contributed by atoms with Crippen molar-refractivity contribution in [2.24, 2.45) is 5.92 Å². The second-order valence-corrected chi connectivity index (χ2v) is 4.47. The number of carbonyl (C=O) groups excluding carboxylic acids is 1. The smallest absolute Gasteiger partial charge is 0.330 e. The molecule has 19 heavy (non-hydrogen) atoms. The number of esters is 1. The van der Waals surface area contributed by atoms with Gasteiger partial charge in [0.1, 0.15) is 11.5 Å². The Morgan fingerprint density at radius 2 is 2.00 bits per heavy atom. The Balaban J connectivity index is 2.73. The van der Waals surface area contributed by atoms with Gasteiger partial charge >= 0.3 is 5.97 Å². The summed E-state index contributed by atoms with van der Waals surface area (Å²) in [5.74, 6) is 1.32. The van der Waals surface area contributed by atoms with E-state index in [0.29, 0.717) is 24.0 Å². The Bertz CT molecular complexity index is 449. The van der Waals surface area contributed by atoms with Gasteiger partial charge in [-0.05, 0) is 24.1 Å². The Hall–Kier alpha value is -1.97. The summed E-state index contributed by atoms with van der Waals surface area (Å²) < 4.78 is 15.4. The maximum absolute atomic E-state index is 11.5. The highest BCUT2D eigenvalue weighted by Gasteiger charge is 2.04. The van der Waals surface area contributed by atoms with Crippen LogP contribution in [0.5, 0.6) is 11.5 Å². The van der Waals surface area contributed by atoms with Crippen molar-refractivity contribution in [3.05, 3.63) is 29.8 Å². The molecule has 0 unspecified atom stereocenters. The second-order valence-electron chi connectivity index (χ2n) is 4.47. The van der Waals surface area contributed by atoms with Gasteiger partial charge < -0.3 is 14.2 Å². The Morgan fingerprint density at radius 1 is 1.26 bits per heavy atom. The minimum Gasteiger partial charge on any atom is -0.497 e. The first-order chi connectivity index (χ1) is 9.06. The van der Waals surface area contributed by atoms with Crippen LogP contribution in [0, 0.1) is 5.92 Å². The van der Waals surface area contributed by atoms with Crippen molar-refractivity contribution in [1.82, 2.24) is 0 Å². The van der Waals surface area contributed by atoms with E-state index >= 15 is 0 Å². The van der Waals surface area contributed by atoms with Crippen LogP contribution in [-0.4, -0.2) is 26.8 Å². The molecule has 4 heteroatoms. The van der Waals surface area contributed by atoms with Gasteiger partial charge in [-0.25, -0.2) is 4.79 Å². The van der Waals surface area contributed by atoms with Crippen molar-refractivity contribution >= 4 is 12.0 Å². The highest BCUT2D eigenvalue weighted by molar-refractivity contribution is 5.87. The van der Waals surface area contributed by atoms with E-state index in [1.807, 2.05) is 26.0 Å². The molecule has 0 aliphatic carbocycles. The Morgan fingerprint density at radius 3 is 2.58 bits per heavy atom. The van der Waals surface area contributed by atoms with Crippen molar-refractivity contribution in [3.8, 4) is 11.5 Å². The number of ether oxygens (including phenoxy) is 3. The average molecular weight is 264 g/mol. The zero-order chi connectivity index (χ0) is 14.3. The quantitative estimate of drug-likeness (QED) is 0.585. The first-order valence-electron chi connectivity index (χ1n) is 6.13. The van der Waals surface area contributed by atoms with Gasteiger partial charge in [-0.3, -0.25) is 0 Å². The van der Waals surface area contributed by atoms with Gasteiger partial charge in [0.05, 0.1) is 20.8 Å². The molecule has 0 heterocycles. The van der Waals surface area contributed by atoms with E-state index in [-0.39, 0.29) is 5.97 Å². The van der Waals surface area contributed by atoms with Crippen molar-refractivity contribution in [2.75, 3.05) is 20.8 Å². The van der Waals surface area contributed by atoms with E-state index in [1.165, 1.54) is 6.08 Å². The minimum atomic E-state index is -0.355. The summed E-state index contributed by atoms with van der Waals surface area (Å²) in [4.78, 5) is 11.5. The summed E-state index contributed by atoms with van der Waals surface area (Å²) in [6, 6.07) is 5.39. The topological polar surface area (TPSA) is 44.8 Å². The SMILES string of the molecule is COc1ccc(/C=C/C(=O)OCC(C)C)c(OC)c1. The molecule has 1 rings (SSSR count). The van der Waals surface area contributed by atoms with Crippen LogP contribution >= 0.6 is 0 Å². The molecular formula is C15H20O4. The van der Waals surface area contributed by atoms with Crippen LogP contribution < -0.4 is 9.47 Å². The summed E-state index contributed by atoms with van der Waals surface area (Å²) in [5.41, 5.74) is 0.796. The van der Waals surface area contributed by atoms with E-state index in [0.717, 1.165) is 5.56 Å². The molecule has 0 saturated carbocycles. The molecule has 0 aliphatic heterocycles. The van der Waals surface area contributed by atoms with Gasteiger partial charge in [0.15, 0.2) is 0 Å². The highest BCUT2D eigenvalue weighted by Crippen LogP contribution is 2.25. The third-order valence-electron chi connectivity index (χ3n) is 2.40. The first kappa shape index (κ1) is 15.1. The molecule has 0 fully saturated rings. The van der Waals surface area contributed by atoms with Crippen LogP contribution in [0.25, 0.3) is 6.08 Å². The minimum absolute atomic E-state index is 0.327. The molecule has 0 radical (unpaired) electrons. The van der Waals surface area contributed by atoms with Gasteiger partial charge in [0, 0.05) is 17.7 Å². The number of benzene rings is 1. The molecule has 0 bridgehead atoms. The summed E-state index contributed by atoms with van der Waals surface area (Å²) >= 11 is 0. The summed E-state index contributed by atoms with van der Waals surface area (Å²) in [5, 5.41) is 0. The van der Waals surface area contributed by atoms with Crippen molar-refractivity contribution in [1.29, 1.82) is 0 Å². The molecule has 0 spiro atoms. The summed E-state index contributed by atoms with van der Waals surface area (Å²) in [7, 11) is 3.16. The first-order valence-corrected chi connectivity index (χ1v) is 6.13. The molecule has 1 aromatic carbocycles. The lowest BCUT2D eigenvalue weighted by molar-refractivity contribution is -0.138. The van der Waals surface area contributed by atoms with Crippen LogP contribution in [0.15, 0.2) is 24.3 Å². The van der Waals surface area contributed by atoms with Crippen molar-refractivity contribution in [2.45, 2.75) is 13.8 Å². The lowest BCUT2D eigenvalue weighted by Crippen LogP contribution is -2.07. The third-order valence-corrected chi connectivity index (χ3v) is 2.40. The van der Waals surface area contributed by atoms with Crippen molar-refractivity contribution in [3.63, 3.8) is 0 Å². The zero-order valence-electron chi connectivity index (χ0n) is 11.8. The van der Waals surface area contributed by atoms with Crippen LogP contribution in [0.3, 0.4) is 0 Å². The van der Waals surface area contributed by atoms with E-state index < -0.39 is 0 Å². The predicted molar refractivity (Wildman–Crippen MR) is 74.4 cm³/mol. The van der Waals surface area contributed by atoms with Crippen LogP contribution in [0.2, 0.25) is 0 Å². The lowest BCUT2D eigenvalue weighted by atomic mass is 10.1. The van der Waals surface area contributed by atoms with Gasteiger partial charge in [-0.2, -0.15) is 0 Å². The molecular weight excluding hydrogens is 244 g/mol. The standard InChI is InChI=1S/C15H20O4/c1-11(2)10-19-15(16)8-6-12-5-7-13(17-3)9-14(12)18-4/h5-9,11H,10H2,1-4H3/b8-6+. The molecule has 1 aromatic rings. The predicted octanol–water partition coefficient (Wildman–Crippen LogP) is 2.92. The normalized spacial score (nSPS) is 10.8. The molecule has 104 valence electrons. The monoisotopic (exact) mass is 264 g/mol. The largest absolute Gasteiger partial charge is 0.497 e. The maximum atomic E-state index is 11.5. The van der Waals surface area contributed by atoms with Crippen LogP contribution in [0.1, 0.15) is 19.4 Å². The van der Waals surface area contributed by atoms with E-state index in [4.69, 9.17) is 14.2 Å². The third kappa shape index (κ3) is 5.04. The number of rotatable bonds is 6. The number of hydrogen-bond acceptors (Lipinski definition) is 4. The van der Waals surface area contributed by atoms with E-state index in [1.54, 1.807) is 26.4 Å². The van der Waals surface area contributed by atoms with Gasteiger partial charge in [-0.1, -0.05) is 13.8 Å². The van der Waals surface area contributed by atoms with Crippen LogP contribution in [0.4, 0.5) is 0 Å². The molecule has 0 aliphatic rings. The van der Waals surface area contributed by atoms with E-state index in [2.05, 4.69) is 0 Å². The maximum Gasteiger partial charge on any atom is 0.330 e. The fourth-order valence-corrected chi connectivity index (χ4v) is 1.41. The fourth-order valence-electron chi connectivity index (χ4n) is 1.41. The summed E-state index contributed by atoms with van der Waals surface area (Å²) in [6.45, 7) is 4.40. The average Bonchev–Trinajstić information content (AvgIpc) is 2.42. The molecule has 0 amide bonds. The van der Waals surface area contributed by atoms with E-state index in [9.17, 15) is 4.79 Å². The molecule has 0 N–H and O–H groups in total. The summed E-state index contributed by atoms with van der Waals surface area (Å²) in [6.07, 6.45) is 3.06. The second kappa shape index (κ2) is 7.46. The molecule has 0 atom stereocenters. The van der Waals surface area contributed by atoms with Gasteiger partial charge in [-0.15, -0.1) is 0 Å². The molecule has 0 saturated heterocycles. The highest BCUT2D eigenvalue weighted by atomic mass is 16.5. The Kier molecular flexibility index (Phi) is 5.93. The zero-order valence-corrected chi connectivity index (χ0v) is 11.8. The lowest BCUT2D eigenvalue weighted by Gasteiger charge is -2.07. The van der Waals surface area contributed by atoms with Crippen molar-refractivity contribution < 1.29 is 19.0 Å². The number of carbonyl (C=O) groups is 1. The Labute approximate surface area is 114 Å². The van der Waals surface area contributed by atoms with Crippen LogP contribution in [-0.2, 0) is 9.53 Å². The number of hydrogen-bond donors (Lipinski definition) is 0. The van der Waals surface area contributed by atoms with Gasteiger partial charge in [0.2, 0.25) is 0 Å². The number of methoxy groups -OCH3 is 2. The molecule has 0 aromatic heterocycles. The molecule has 4 nitrogen and oxygen atoms in total. The fraction of sp³-hybridized carbons (Fsp3) is 0.400.